The molecule has 2 aliphatic heterocycles. The number of rotatable bonds is 2. The summed E-state index contributed by atoms with van der Waals surface area (Å²) in [6.45, 7) is 16.1. The maximum absolute atomic E-state index is 14.3. The molecule has 33 heavy (non-hydrogen) atoms. The molecule has 4 rings (SSSR count). The van der Waals surface area contributed by atoms with Crippen LogP contribution in [-0.2, 0) is 17.4 Å². The van der Waals surface area contributed by atoms with Crippen LogP contribution in [0, 0.1) is 5.82 Å². The third-order valence-corrected chi connectivity index (χ3v) is 7.05. The summed E-state index contributed by atoms with van der Waals surface area (Å²) in [7, 11) is 0. The van der Waals surface area contributed by atoms with Gasteiger partial charge in [0.1, 0.15) is 5.82 Å². The largest absolute Gasteiger partial charge is 0.333 e. The lowest BCUT2D eigenvalue weighted by molar-refractivity contribution is 0.159. The number of benzene rings is 2. The zero-order valence-electron chi connectivity index (χ0n) is 21.0. The number of nitrogens with zero attached hydrogens (tertiary/aromatic N) is 2. The van der Waals surface area contributed by atoms with Gasteiger partial charge in [0.2, 0.25) is 0 Å². The van der Waals surface area contributed by atoms with Crippen molar-refractivity contribution in [3.8, 4) is 0 Å². The zero-order valence-corrected chi connectivity index (χ0v) is 21.0. The first kappa shape index (κ1) is 23.7. The third kappa shape index (κ3) is 5.08. The number of hydrogen-bond acceptors (Lipinski definition) is 2. The van der Waals surface area contributed by atoms with E-state index in [9.17, 15) is 9.18 Å². The van der Waals surface area contributed by atoms with Crippen molar-refractivity contribution in [3.63, 3.8) is 0 Å². The van der Waals surface area contributed by atoms with Crippen LogP contribution in [0.4, 0.5) is 14.9 Å². The fraction of sp³-hybridized carbons (Fsp3) is 0.536. The first-order valence-corrected chi connectivity index (χ1v) is 12.1. The van der Waals surface area contributed by atoms with Crippen molar-refractivity contribution < 1.29 is 9.18 Å². The van der Waals surface area contributed by atoms with E-state index < -0.39 is 0 Å². The van der Waals surface area contributed by atoms with Crippen molar-refractivity contribution >= 4 is 11.7 Å². The van der Waals surface area contributed by atoms with E-state index in [4.69, 9.17) is 0 Å². The van der Waals surface area contributed by atoms with Gasteiger partial charge < -0.3 is 5.32 Å². The Kier molecular flexibility index (Phi) is 6.06. The van der Waals surface area contributed by atoms with Crippen molar-refractivity contribution in [2.75, 3.05) is 24.5 Å². The summed E-state index contributed by atoms with van der Waals surface area (Å²) in [5.41, 5.74) is 4.17. The molecule has 0 bridgehead atoms. The molecule has 4 nitrogen and oxygen atoms in total. The second-order valence-corrected chi connectivity index (χ2v) is 11.9. The number of carbonyl (C=O) groups excluding carboxylic acids is 1. The quantitative estimate of drug-likeness (QED) is 0.609. The highest BCUT2D eigenvalue weighted by Crippen LogP contribution is 2.47. The third-order valence-electron chi connectivity index (χ3n) is 7.05. The molecule has 0 aliphatic carbocycles. The predicted molar refractivity (Wildman–Crippen MR) is 133 cm³/mol. The molecule has 2 aromatic carbocycles. The number of fused-ring (bicyclic) bond motifs is 2. The van der Waals surface area contributed by atoms with Crippen LogP contribution in [0.2, 0.25) is 0 Å². The minimum atomic E-state index is -0.321. The molecule has 0 saturated carbocycles. The van der Waals surface area contributed by atoms with E-state index in [2.05, 4.69) is 55.3 Å². The van der Waals surface area contributed by atoms with Crippen molar-refractivity contribution in [2.24, 2.45) is 0 Å². The summed E-state index contributed by atoms with van der Waals surface area (Å²) >= 11 is 0. The highest BCUT2D eigenvalue weighted by molar-refractivity contribution is 5.95. The Bertz CT molecular complexity index is 1010. The first-order chi connectivity index (χ1) is 15.4. The molecule has 0 unspecified atom stereocenters. The molecular weight excluding hydrogens is 413 g/mol. The van der Waals surface area contributed by atoms with Crippen molar-refractivity contribution in [3.05, 3.63) is 65.0 Å². The van der Waals surface area contributed by atoms with Gasteiger partial charge in [-0.1, -0.05) is 45.0 Å². The molecule has 1 spiro atoms. The number of piperidine rings is 1. The molecule has 2 aromatic rings. The Balaban J connectivity index is 1.48. The first-order valence-electron chi connectivity index (χ1n) is 12.1. The number of carbonyl (C=O) groups is 1. The average Bonchev–Trinajstić information content (AvgIpc) is 3.02. The molecule has 5 heteroatoms. The Morgan fingerprint density at radius 3 is 2.21 bits per heavy atom. The van der Waals surface area contributed by atoms with Gasteiger partial charge in [0, 0.05) is 29.7 Å². The van der Waals surface area contributed by atoms with E-state index in [1.54, 1.807) is 12.1 Å². The normalized spacial score (nSPS) is 18.5. The highest BCUT2D eigenvalue weighted by Gasteiger charge is 2.46. The van der Waals surface area contributed by atoms with Crippen LogP contribution in [0.25, 0.3) is 0 Å². The van der Waals surface area contributed by atoms with Crippen LogP contribution in [0.15, 0.2) is 42.5 Å². The fourth-order valence-electron chi connectivity index (χ4n) is 5.15. The number of urea groups is 1. The lowest BCUT2D eigenvalue weighted by Gasteiger charge is -2.40. The van der Waals surface area contributed by atoms with Crippen LogP contribution in [0.3, 0.4) is 0 Å². The van der Waals surface area contributed by atoms with Gasteiger partial charge in [-0.2, -0.15) is 0 Å². The molecular formula is C28H38FN3O. The molecule has 0 aromatic heterocycles. The van der Waals surface area contributed by atoms with Crippen LogP contribution in [-0.4, -0.2) is 36.1 Å². The molecule has 178 valence electrons. The van der Waals surface area contributed by atoms with Gasteiger partial charge >= 0.3 is 6.03 Å². The Morgan fingerprint density at radius 2 is 1.64 bits per heavy atom. The molecule has 2 aliphatic rings. The summed E-state index contributed by atoms with van der Waals surface area (Å²) in [6.07, 6.45) is 1.84. The van der Waals surface area contributed by atoms with Gasteiger partial charge in [-0.25, -0.2) is 9.18 Å². The maximum atomic E-state index is 14.3. The van der Waals surface area contributed by atoms with Gasteiger partial charge in [0.05, 0.1) is 0 Å². The molecule has 0 radical (unpaired) electrons. The number of likely N-dealkylation sites (tertiary alicyclic amines) is 1. The van der Waals surface area contributed by atoms with E-state index in [0.717, 1.165) is 43.7 Å². The van der Waals surface area contributed by atoms with Crippen LogP contribution >= 0.6 is 0 Å². The van der Waals surface area contributed by atoms with Gasteiger partial charge in [0.25, 0.3) is 0 Å². The summed E-state index contributed by atoms with van der Waals surface area (Å²) in [5, 5.41) is 3.08. The number of nitrogens with one attached hydrogen (secondary N) is 1. The van der Waals surface area contributed by atoms with E-state index in [1.165, 1.54) is 17.2 Å². The number of amides is 2. The molecule has 2 heterocycles. The predicted octanol–water partition coefficient (Wildman–Crippen LogP) is 5.99. The van der Waals surface area contributed by atoms with E-state index in [0.29, 0.717) is 6.54 Å². The van der Waals surface area contributed by atoms with Gasteiger partial charge in [-0.15, -0.1) is 0 Å². The van der Waals surface area contributed by atoms with Crippen LogP contribution in [0.5, 0.6) is 0 Å². The smallest absolute Gasteiger partial charge is 0.322 e. The van der Waals surface area contributed by atoms with Crippen LogP contribution < -0.4 is 10.2 Å². The second-order valence-electron chi connectivity index (χ2n) is 11.9. The second kappa shape index (κ2) is 8.43. The molecule has 1 fully saturated rings. The van der Waals surface area contributed by atoms with Gasteiger partial charge in [-0.3, -0.25) is 9.80 Å². The topological polar surface area (TPSA) is 35.6 Å². The summed E-state index contributed by atoms with van der Waals surface area (Å²) in [6, 6.07) is 13.7. The molecule has 1 N–H and O–H groups in total. The monoisotopic (exact) mass is 451 g/mol. The Hall–Kier alpha value is -2.40. The lowest BCUT2D eigenvalue weighted by Crippen LogP contribution is -2.51. The highest BCUT2D eigenvalue weighted by atomic mass is 19.1. The minimum Gasteiger partial charge on any atom is -0.333 e. The SMILES string of the molecule is CC(C)(C)NC(=O)N1CC2(CCN(Cc3ccc(C(C)(C)C)cc3)CC2)c2cc(F)ccc21. The van der Waals surface area contributed by atoms with E-state index in [1.807, 2.05) is 25.7 Å². The van der Waals surface area contributed by atoms with Crippen molar-refractivity contribution in [1.29, 1.82) is 0 Å². The van der Waals surface area contributed by atoms with Crippen molar-refractivity contribution in [1.82, 2.24) is 10.2 Å². The summed E-state index contributed by atoms with van der Waals surface area (Å²) in [4.78, 5) is 17.3. The lowest BCUT2D eigenvalue weighted by atomic mass is 9.74. The average molecular weight is 452 g/mol. The number of halogens is 1. The van der Waals surface area contributed by atoms with Crippen LogP contribution in [0.1, 0.15) is 71.1 Å². The van der Waals surface area contributed by atoms with E-state index in [-0.39, 0.29) is 28.2 Å². The Labute approximate surface area is 198 Å². The summed E-state index contributed by atoms with van der Waals surface area (Å²) in [5.74, 6) is -0.229. The number of anilines is 1. The molecule has 0 atom stereocenters. The standard InChI is InChI=1S/C28H38FN3O/c1-26(2,3)21-9-7-20(8-10-21)18-31-15-13-28(14-16-31)19-32(25(33)30-27(4,5)6)24-12-11-22(29)17-23(24)28/h7-12,17H,13-16,18-19H2,1-6H3,(H,30,33). The fourth-order valence-corrected chi connectivity index (χ4v) is 5.15. The van der Waals surface area contributed by atoms with Crippen molar-refractivity contribution in [2.45, 2.75) is 77.3 Å². The van der Waals surface area contributed by atoms with Gasteiger partial charge in [0.15, 0.2) is 0 Å². The minimum absolute atomic E-state index is 0.103. The number of hydrogen-bond donors (Lipinski definition) is 1. The summed E-state index contributed by atoms with van der Waals surface area (Å²) < 4.78 is 14.3. The molecule has 1 saturated heterocycles. The molecule has 2 amide bonds. The van der Waals surface area contributed by atoms with E-state index >= 15 is 0 Å². The Morgan fingerprint density at radius 1 is 1.00 bits per heavy atom. The maximum Gasteiger partial charge on any atom is 0.322 e. The van der Waals surface area contributed by atoms with Gasteiger partial charge in [-0.05, 0) is 87.0 Å². The zero-order chi connectivity index (χ0) is 24.0.